The van der Waals surface area contributed by atoms with E-state index in [1.165, 1.54) is 11.3 Å². The van der Waals surface area contributed by atoms with Crippen molar-refractivity contribution in [2.24, 2.45) is 0 Å². The molecule has 4 rings (SSSR count). The maximum absolute atomic E-state index is 12.8. The third-order valence-electron chi connectivity index (χ3n) is 4.79. The maximum atomic E-state index is 12.8. The van der Waals surface area contributed by atoms with Crippen molar-refractivity contribution < 1.29 is 9.59 Å². The Balaban J connectivity index is 1.56. The van der Waals surface area contributed by atoms with Gasteiger partial charge in [-0.3, -0.25) is 4.79 Å². The minimum absolute atomic E-state index is 0.254. The van der Waals surface area contributed by atoms with Gasteiger partial charge in [-0.15, -0.1) is 11.3 Å². The largest absolute Gasteiger partial charge is 0.349 e. The van der Waals surface area contributed by atoms with Crippen LogP contribution in [0.15, 0.2) is 30.3 Å². The smallest absolute Gasteiger partial charge is 0.315 e. The molecule has 3 aromatic rings. The highest BCUT2D eigenvalue weighted by atomic mass is 35.5. The molecule has 3 amide bonds. The number of amides is 3. The van der Waals surface area contributed by atoms with Gasteiger partial charge in [-0.1, -0.05) is 47.5 Å². The Morgan fingerprint density at radius 1 is 1.25 bits per heavy atom. The number of hydrogen-bond acceptors (Lipinski definition) is 3. The Hall–Kier alpha value is -2.22. The van der Waals surface area contributed by atoms with Gasteiger partial charge in [0, 0.05) is 6.54 Å². The summed E-state index contributed by atoms with van der Waals surface area (Å²) in [6.45, 7) is 2.38. The summed E-state index contributed by atoms with van der Waals surface area (Å²) in [4.78, 5) is 28.0. The van der Waals surface area contributed by atoms with E-state index >= 15 is 0 Å². The molecular weight excluding hydrogens is 419 g/mol. The summed E-state index contributed by atoms with van der Waals surface area (Å²) in [5.74, 6) is -0.254. The number of halogens is 2. The van der Waals surface area contributed by atoms with Gasteiger partial charge in [0.25, 0.3) is 5.91 Å². The van der Waals surface area contributed by atoms with Crippen molar-refractivity contribution in [3.63, 3.8) is 0 Å². The monoisotopic (exact) mass is 436 g/mol. The van der Waals surface area contributed by atoms with Crippen molar-refractivity contribution in [3.8, 4) is 0 Å². The van der Waals surface area contributed by atoms with Crippen LogP contribution in [0.1, 0.15) is 34.6 Å². The van der Waals surface area contributed by atoms with Gasteiger partial charge in [-0.25, -0.2) is 4.79 Å². The lowest BCUT2D eigenvalue weighted by molar-refractivity contribution is 0.0926. The van der Waals surface area contributed by atoms with E-state index in [0.717, 1.165) is 15.8 Å². The van der Waals surface area contributed by atoms with Crippen LogP contribution in [-0.4, -0.2) is 29.5 Å². The maximum Gasteiger partial charge on any atom is 0.315 e. The lowest BCUT2D eigenvalue weighted by atomic mass is 10.1. The number of benzene rings is 1. The number of urea groups is 1. The SMILES string of the molecule is CCNC(=O)N[C@@H]1c2ccccc2C[C@@H]1NC(=O)c1cc2sc(Cl)c(Cl)c2[nH]1. The molecule has 1 aliphatic rings. The first-order chi connectivity index (χ1) is 13.5. The molecule has 0 aliphatic heterocycles. The molecule has 9 heteroatoms. The number of fused-ring (bicyclic) bond motifs is 2. The Kier molecular flexibility index (Phi) is 5.23. The Morgan fingerprint density at radius 3 is 2.79 bits per heavy atom. The average Bonchev–Trinajstić information content (AvgIpc) is 3.30. The van der Waals surface area contributed by atoms with Crippen LogP contribution in [0.25, 0.3) is 10.2 Å². The van der Waals surface area contributed by atoms with Crippen molar-refractivity contribution in [3.05, 3.63) is 56.5 Å². The van der Waals surface area contributed by atoms with E-state index in [1.807, 2.05) is 31.2 Å². The second kappa shape index (κ2) is 7.66. The van der Waals surface area contributed by atoms with E-state index < -0.39 is 0 Å². The van der Waals surface area contributed by atoms with Crippen molar-refractivity contribution >= 4 is 56.7 Å². The van der Waals surface area contributed by atoms with Crippen LogP contribution < -0.4 is 16.0 Å². The number of nitrogens with one attached hydrogen (secondary N) is 4. The highest BCUT2D eigenvalue weighted by molar-refractivity contribution is 7.23. The van der Waals surface area contributed by atoms with Gasteiger partial charge in [-0.05, 0) is 30.5 Å². The lowest BCUT2D eigenvalue weighted by Gasteiger charge is -2.23. The number of rotatable bonds is 4. The lowest BCUT2D eigenvalue weighted by Crippen LogP contribution is -2.47. The fourth-order valence-corrected chi connectivity index (χ4v) is 5.03. The second-order valence-corrected chi connectivity index (χ2v) is 8.61. The Bertz CT molecular complexity index is 1060. The van der Waals surface area contributed by atoms with Gasteiger partial charge >= 0.3 is 6.03 Å². The first-order valence-corrected chi connectivity index (χ1v) is 10.4. The van der Waals surface area contributed by atoms with Gasteiger partial charge in [0.2, 0.25) is 0 Å². The number of thiophene rings is 1. The van der Waals surface area contributed by atoms with Crippen LogP contribution in [0.2, 0.25) is 9.36 Å². The second-order valence-electron chi connectivity index (χ2n) is 6.58. The fraction of sp³-hybridized carbons (Fsp3) is 0.263. The zero-order valence-electron chi connectivity index (χ0n) is 14.9. The van der Waals surface area contributed by atoms with E-state index in [2.05, 4.69) is 20.9 Å². The number of hydrogen-bond donors (Lipinski definition) is 4. The number of carbonyl (C=O) groups excluding carboxylic acids is 2. The van der Waals surface area contributed by atoms with Crippen LogP contribution in [0, 0.1) is 0 Å². The first kappa shape index (κ1) is 19.1. The van der Waals surface area contributed by atoms with Gasteiger partial charge in [-0.2, -0.15) is 0 Å². The predicted octanol–water partition coefficient (Wildman–Crippen LogP) is 4.25. The number of aromatic amines is 1. The number of carbonyl (C=O) groups is 2. The van der Waals surface area contributed by atoms with E-state index in [-0.39, 0.29) is 24.0 Å². The summed E-state index contributed by atoms with van der Waals surface area (Å²) >= 11 is 13.5. The first-order valence-electron chi connectivity index (χ1n) is 8.87. The molecule has 0 bridgehead atoms. The van der Waals surface area contributed by atoms with E-state index in [0.29, 0.717) is 33.5 Å². The van der Waals surface area contributed by atoms with Crippen molar-refractivity contribution in [2.45, 2.75) is 25.4 Å². The van der Waals surface area contributed by atoms with Crippen molar-refractivity contribution in [2.75, 3.05) is 6.54 Å². The third-order valence-corrected chi connectivity index (χ3v) is 6.72. The summed E-state index contributed by atoms with van der Waals surface area (Å²) in [6, 6.07) is 8.79. The molecule has 0 radical (unpaired) electrons. The normalized spacial score (nSPS) is 18.1. The molecule has 0 fully saturated rings. The van der Waals surface area contributed by atoms with Crippen molar-refractivity contribution in [1.82, 2.24) is 20.9 Å². The summed E-state index contributed by atoms with van der Waals surface area (Å²) in [5, 5.41) is 9.17. The van der Waals surface area contributed by atoms with Crippen LogP contribution >= 0.6 is 34.5 Å². The number of aromatic nitrogens is 1. The molecule has 28 heavy (non-hydrogen) atoms. The quantitative estimate of drug-likeness (QED) is 0.492. The predicted molar refractivity (Wildman–Crippen MR) is 113 cm³/mol. The molecule has 0 spiro atoms. The van der Waals surface area contributed by atoms with Gasteiger partial charge < -0.3 is 20.9 Å². The molecule has 1 aromatic carbocycles. The summed E-state index contributed by atoms with van der Waals surface area (Å²) in [7, 11) is 0. The van der Waals surface area contributed by atoms with Crippen LogP contribution in [0.3, 0.4) is 0 Å². The summed E-state index contributed by atoms with van der Waals surface area (Å²) < 4.78 is 1.32. The Labute approximate surface area is 175 Å². The molecular formula is C19H18Cl2N4O2S. The van der Waals surface area contributed by atoms with Crippen LogP contribution in [-0.2, 0) is 6.42 Å². The van der Waals surface area contributed by atoms with Crippen LogP contribution in [0.5, 0.6) is 0 Å². The molecule has 0 saturated carbocycles. The molecule has 4 N–H and O–H groups in total. The van der Waals surface area contributed by atoms with E-state index in [1.54, 1.807) is 6.07 Å². The highest BCUT2D eigenvalue weighted by Crippen LogP contribution is 2.39. The molecule has 1 aliphatic carbocycles. The van der Waals surface area contributed by atoms with Crippen molar-refractivity contribution in [1.29, 1.82) is 0 Å². The summed E-state index contributed by atoms with van der Waals surface area (Å²) in [5.41, 5.74) is 3.19. The molecule has 0 unspecified atom stereocenters. The van der Waals surface area contributed by atoms with Gasteiger partial charge in [0.05, 0.1) is 27.3 Å². The molecule has 6 nitrogen and oxygen atoms in total. The molecule has 2 aromatic heterocycles. The molecule has 2 heterocycles. The van der Waals surface area contributed by atoms with Gasteiger partial charge in [0.1, 0.15) is 10.0 Å². The van der Waals surface area contributed by atoms with Gasteiger partial charge in [0.15, 0.2) is 0 Å². The fourth-order valence-electron chi connectivity index (χ4n) is 3.55. The average molecular weight is 437 g/mol. The number of H-pyrrole nitrogens is 1. The zero-order valence-corrected chi connectivity index (χ0v) is 17.3. The topological polar surface area (TPSA) is 86.0 Å². The summed E-state index contributed by atoms with van der Waals surface area (Å²) in [6.07, 6.45) is 0.640. The minimum Gasteiger partial charge on any atom is -0.349 e. The zero-order chi connectivity index (χ0) is 19.8. The highest BCUT2D eigenvalue weighted by Gasteiger charge is 2.34. The molecule has 146 valence electrons. The third kappa shape index (κ3) is 3.45. The Morgan fingerprint density at radius 2 is 2.04 bits per heavy atom. The minimum atomic E-state index is -0.305. The standard InChI is InChI=1S/C19H18Cl2N4O2S/c1-2-22-19(27)25-15-10-6-4-3-5-9(10)7-11(15)24-18(26)12-8-13-16(23-12)14(20)17(21)28-13/h3-6,8,11,15,23H,2,7H2,1H3,(H,24,26)(H2,22,25,27)/t11-,15+/m0/s1. The molecule has 2 atom stereocenters. The van der Waals surface area contributed by atoms with Crippen LogP contribution in [0.4, 0.5) is 4.79 Å². The molecule has 0 saturated heterocycles. The van der Waals surface area contributed by atoms with E-state index in [9.17, 15) is 9.59 Å². The van der Waals surface area contributed by atoms with E-state index in [4.69, 9.17) is 23.2 Å².